The summed E-state index contributed by atoms with van der Waals surface area (Å²) in [5.41, 5.74) is 0. The van der Waals surface area contributed by atoms with Gasteiger partial charge < -0.3 is 5.11 Å². The van der Waals surface area contributed by atoms with Crippen LogP contribution < -0.4 is 42.5 Å². The maximum Gasteiger partial charge on any atom is 0.306 e. The zero-order chi connectivity index (χ0) is 28.7. The Hall–Kier alpha value is 0.0201. The molecule has 11 heteroatoms. The Morgan fingerprint density at radius 2 is 0.659 bits per heavy atom. The number of aliphatic carboxylic acids is 1. The Balaban J connectivity index is 0.00000289. The quantitative estimate of drug-likeness (QED) is 0.182. The minimum atomic E-state index is -0.607. The number of hydrogen-bond acceptors (Lipinski definition) is 9. The fourth-order valence-electron chi connectivity index (χ4n) is 12.3. The first-order chi connectivity index (χ1) is 21.1. The van der Waals surface area contributed by atoms with E-state index in [0.29, 0.717) is 66.1 Å². The van der Waals surface area contributed by atoms with Gasteiger partial charge in [-0.1, -0.05) is 44.9 Å². The van der Waals surface area contributed by atoms with Crippen LogP contribution in [0.5, 0.6) is 0 Å². The monoisotopic (exact) mass is 776 g/mol. The molecule has 5 aliphatic heterocycles. The predicted octanol–water partition coefficient (Wildman–Crippen LogP) is 1.91. The summed E-state index contributed by atoms with van der Waals surface area (Å²) in [6, 6.07) is 0. The molecule has 5 saturated heterocycles. The van der Waals surface area contributed by atoms with Gasteiger partial charge in [0.05, 0.1) is 55.2 Å². The average Bonchev–Trinajstić information content (AvgIpc) is 3.76. The molecule has 0 radical (unpaired) electrons. The Bertz CT molecular complexity index is 1050. The first-order valence-corrected chi connectivity index (χ1v) is 18.4. The fourth-order valence-corrected chi connectivity index (χ4v) is 12.3. The molecule has 9 aliphatic rings. The van der Waals surface area contributed by atoms with Crippen molar-refractivity contribution in [2.45, 2.75) is 146 Å². The van der Waals surface area contributed by atoms with Gasteiger partial charge in [0.2, 0.25) is 0 Å². The Morgan fingerprint density at radius 3 is 0.977 bits per heavy atom. The predicted molar refractivity (Wildman–Crippen MR) is 164 cm³/mol. The maximum atomic E-state index is 12.6. The molecule has 17 unspecified atom stereocenters. The SMILES string of the molecule is O=C(O)C1CCCC2C3NC4NC(NC5NC(NC6NC(NC(N3)C12)C1CCCCC61)C1CCCCC51)C1CCCCC41.[Hf]. The van der Waals surface area contributed by atoms with Crippen LogP contribution in [0.1, 0.15) is 96.3 Å². The van der Waals surface area contributed by atoms with E-state index in [1.807, 2.05) is 0 Å². The van der Waals surface area contributed by atoms with Gasteiger partial charge in [-0.3, -0.25) is 47.3 Å². The van der Waals surface area contributed by atoms with Gasteiger partial charge in [-0.05, 0) is 92.8 Å². The van der Waals surface area contributed by atoms with Crippen molar-refractivity contribution in [1.82, 2.24) is 42.5 Å². The second-order valence-electron chi connectivity index (χ2n) is 16.1. The molecule has 0 aromatic carbocycles. The van der Waals surface area contributed by atoms with E-state index >= 15 is 0 Å². The number of carbonyl (C=O) groups is 1. The second kappa shape index (κ2) is 12.8. The molecule has 244 valence electrons. The molecule has 0 aromatic heterocycles. The molecule has 9 fully saturated rings. The van der Waals surface area contributed by atoms with Crippen LogP contribution in [0.2, 0.25) is 0 Å². The van der Waals surface area contributed by atoms with Crippen molar-refractivity contribution < 1.29 is 35.7 Å². The van der Waals surface area contributed by atoms with Gasteiger partial charge in [0.1, 0.15) is 0 Å². The van der Waals surface area contributed by atoms with E-state index in [2.05, 4.69) is 42.5 Å². The largest absolute Gasteiger partial charge is 0.481 e. The van der Waals surface area contributed by atoms with Crippen molar-refractivity contribution in [1.29, 1.82) is 0 Å². The fraction of sp³-hybridized carbons (Fsp3) is 0.970. The third-order valence-corrected chi connectivity index (χ3v) is 14.2. The molecular weight excluding hydrogens is 719 g/mol. The molecule has 4 aliphatic carbocycles. The summed E-state index contributed by atoms with van der Waals surface area (Å²) in [4.78, 5) is 12.6. The van der Waals surface area contributed by atoms with Gasteiger partial charge in [-0.15, -0.1) is 0 Å². The number of rotatable bonds is 1. The number of carboxylic acid groups (broad SMARTS) is 1. The van der Waals surface area contributed by atoms with E-state index in [-0.39, 0.29) is 62.3 Å². The third-order valence-electron chi connectivity index (χ3n) is 14.2. The van der Waals surface area contributed by atoms with Crippen LogP contribution in [0.25, 0.3) is 0 Å². The third kappa shape index (κ3) is 5.34. The maximum absolute atomic E-state index is 12.6. The number of fused-ring (bicyclic) bond motifs is 20. The minimum absolute atomic E-state index is 0. The van der Waals surface area contributed by atoms with Crippen LogP contribution in [0, 0.1) is 53.3 Å². The normalized spacial score (nSPS) is 54.8. The molecule has 5 heterocycles. The first-order valence-electron chi connectivity index (χ1n) is 18.4. The summed E-state index contributed by atoms with van der Waals surface area (Å²) in [6.45, 7) is 0. The topological polar surface area (TPSA) is 134 Å². The molecule has 9 N–H and O–H groups in total. The molecule has 0 spiro atoms. The summed E-state index contributed by atoms with van der Waals surface area (Å²) < 4.78 is 0. The van der Waals surface area contributed by atoms with E-state index in [0.717, 1.165) is 19.3 Å². The molecule has 0 amide bonds. The second-order valence-corrected chi connectivity index (χ2v) is 16.1. The summed E-state index contributed by atoms with van der Waals surface area (Å²) in [5.74, 6) is 3.36. The van der Waals surface area contributed by atoms with Crippen LogP contribution in [0.3, 0.4) is 0 Å². The number of nitrogens with one attached hydrogen (secondary N) is 8. The summed E-state index contributed by atoms with van der Waals surface area (Å²) in [7, 11) is 0. The van der Waals surface area contributed by atoms with Gasteiger partial charge in [-0.2, -0.15) is 0 Å². The Morgan fingerprint density at radius 1 is 0.386 bits per heavy atom. The van der Waals surface area contributed by atoms with E-state index in [4.69, 9.17) is 0 Å². The number of hydrogen-bond donors (Lipinski definition) is 9. The van der Waals surface area contributed by atoms with Crippen molar-refractivity contribution in [3.8, 4) is 0 Å². The number of carboxylic acids is 1. The van der Waals surface area contributed by atoms with Crippen LogP contribution >= 0.6 is 0 Å². The Kier molecular flexibility index (Phi) is 9.11. The van der Waals surface area contributed by atoms with Crippen molar-refractivity contribution in [3.05, 3.63) is 0 Å². The van der Waals surface area contributed by atoms with Crippen LogP contribution in [0.15, 0.2) is 0 Å². The minimum Gasteiger partial charge on any atom is -0.481 e. The molecule has 44 heavy (non-hydrogen) atoms. The van der Waals surface area contributed by atoms with Crippen molar-refractivity contribution in [2.75, 3.05) is 0 Å². The zero-order valence-corrected chi connectivity index (χ0v) is 29.9. The van der Waals surface area contributed by atoms with E-state index in [1.54, 1.807) is 0 Å². The molecule has 9 rings (SSSR count). The average molecular weight is 775 g/mol. The molecule has 8 bridgehead atoms. The van der Waals surface area contributed by atoms with Gasteiger partial charge in [0.15, 0.2) is 0 Å². The summed E-state index contributed by atoms with van der Waals surface area (Å²) >= 11 is 0. The van der Waals surface area contributed by atoms with E-state index in [1.165, 1.54) is 77.0 Å². The molecule has 10 nitrogen and oxygen atoms in total. The first kappa shape index (κ1) is 31.3. The van der Waals surface area contributed by atoms with Crippen molar-refractivity contribution in [2.24, 2.45) is 53.3 Å². The van der Waals surface area contributed by atoms with Gasteiger partial charge >= 0.3 is 5.97 Å². The van der Waals surface area contributed by atoms with Gasteiger partial charge in [0.25, 0.3) is 0 Å². The van der Waals surface area contributed by atoms with Crippen LogP contribution in [-0.4, -0.2) is 60.4 Å². The standard InChI is InChI=1S/C33H56N8O2.Hf/c42-33(43)23-15-7-14-22-24(23)32-40-30-21-13-6-5-12-20(21)28(38-30)36-26-17-9-2-1-8-16(17)25(34-26)35-27-18-10-3-4-11-19(18)29(37-27)39-31(22)41-32;/h16-32,34-41H,1-15H2,(H,42,43);. The van der Waals surface area contributed by atoms with Crippen LogP contribution in [0.4, 0.5) is 0 Å². The molecule has 0 aromatic rings. The van der Waals surface area contributed by atoms with E-state index < -0.39 is 5.97 Å². The van der Waals surface area contributed by atoms with Gasteiger partial charge in [0, 0.05) is 31.8 Å². The smallest absolute Gasteiger partial charge is 0.306 e. The van der Waals surface area contributed by atoms with Crippen molar-refractivity contribution >= 4 is 5.97 Å². The summed E-state index contributed by atoms with van der Waals surface area (Å²) in [6.07, 6.45) is 20.5. The zero-order valence-electron chi connectivity index (χ0n) is 26.3. The molecular formula is C33H56HfN8O2. The van der Waals surface area contributed by atoms with Crippen LogP contribution in [-0.2, 0) is 30.6 Å². The molecule has 17 atom stereocenters. The van der Waals surface area contributed by atoms with Crippen molar-refractivity contribution in [3.63, 3.8) is 0 Å². The van der Waals surface area contributed by atoms with E-state index in [9.17, 15) is 9.90 Å². The summed E-state index contributed by atoms with van der Waals surface area (Å²) in [5, 5.41) is 43.3. The molecule has 4 saturated carbocycles. The van der Waals surface area contributed by atoms with Gasteiger partial charge in [-0.25, -0.2) is 0 Å². The Labute approximate surface area is 282 Å².